The van der Waals surface area contributed by atoms with Gasteiger partial charge in [-0.25, -0.2) is 8.42 Å². The molecular weight excluding hydrogens is 562 g/mol. The Bertz CT molecular complexity index is 1400. The summed E-state index contributed by atoms with van der Waals surface area (Å²) in [5.74, 6) is -0.561. The largest absolute Gasteiger partial charge is 0.495 e. The first kappa shape index (κ1) is 32.0. The molecule has 0 aliphatic carbocycles. The number of benzene rings is 3. The monoisotopic (exact) mass is 599 g/mol. The van der Waals surface area contributed by atoms with Crippen molar-refractivity contribution in [1.82, 2.24) is 10.2 Å². The highest BCUT2D eigenvalue weighted by atomic mass is 35.5. The van der Waals surface area contributed by atoms with Gasteiger partial charge in [0.1, 0.15) is 18.3 Å². The topological polar surface area (TPSA) is 96.0 Å². The number of ether oxygens (including phenoxy) is 1. The third kappa shape index (κ3) is 8.24. The highest BCUT2D eigenvalue weighted by Gasteiger charge is 2.34. The number of nitrogens with zero attached hydrogens (tertiary/aromatic N) is 2. The molecule has 0 fully saturated rings. The summed E-state index contributed by atoms with van der Waals surface area (Å²) in [5.41, 5.74) is 1.12. The zero-order valence-corrected chi connectivity index (χ0v) is 25.5. The van der Waals surface area contributed by atoms with Crippen molar-refractivity contribution in [3.05, 3.63) is 89.4 Å². The number of carbonyl (C=O) groups excluding carboxylic acids is 2. The molecule has 8 nitrogen and oxygen atoms in total. The Kier molecular flexibility index (Phi) is 11.6. The molecule has 0 radical (unpaired) electrons. The molecule has 2 atom stereocenters. The number of sulfonamides is 1. The molecule has 0 unspecified atom stereocenters. The van der Waals surface area contributed by atoms with E-state index in [2.05, 4.69) is 5.32 Å². The van der Waals surface area contributed by atoms with Gasteiger partial charge in [-0.2, -0.15) is 0 Å². The Hall–Kier alpha value is -3.56. The Labute approximate surface area is 248 Å². The summed E-state index contributed by atoms with van der Waals surface area (Å²) in [6, 6.07) is 21.2. The lowest BCUT2D eigenvalue weighted by molar-refractivity contribution is -0.139. The minimum absolute atomic E-state index is 0.00668. The minimum Gasteiger partial charge on any atom is -0.495 e. The number of hydrogen-bond donors (Lipinski definition) is 1. The van der Waals surface area contributed by atoms with Crippen LogP contribution in [0.1, 0.15) is 39.2 Å². The van der Waals surface area contributed by atoms with Gasteiger partial charge in [-0.05, 0) is 62.1 Å². The van der Waals surface area contributed by atoms with Crippen LogP contribution in [0.4, 0.5) is 5.69 Å². The van der Waals surface area contributed by atoms with Crippen LogP contribution < -0.4 is 14.4 Å². The Morgan fingerprint density at radius 2 is 1.59 bits per heavy atom. The van der Waals surface area contributed by atoms with Crippen LogP contribution in [0.15, 0.2) is 83.8 Å². The molecule has 3 aromatic carbocycles. The summed E-state index contributed by atoms with van der Waals surface area (Å²) in [6.45, 7) is 5.37. The number of hydrogen-bond acceptors (Lipinski definition) is 5. The van der Waals surface area contributed by atoms with Crippen molar-refractivity contribution in [2.24, 2.45) is 0 Å². The van der Waals surface area contributed by atoms with Gasteiger partial charge in [0.25, 0.3) is 10.0 Å². The Morgan fingerprint density at radius 3 is 2.17 bits per heavy atom. The average molecular weight is 600 g/mol. The van der Waals surface area contributed by atoms with Gasteiger partial charge in [-0.3, -0.25) is 13.9 Å². The predicted molar refractivity (Wildman–Crippen MR) is 163 cm³/mol. The van der Waals surface area contributed by atoms with Gasteiger partial charge in [0.05, 0.1) is 17.7 Å². The second kappa shape index (κ2) is 14.9. The van der Waals surface area contributed by atoms with Crippen LogP contribution in [-0.4, -0.2) is 57.4 Å². The fraction of sp³-hybridized carbons (Fsp3) is 0.355. The van der Waals surface area contributed by atoms with Crippen LogP contribution in [-0.2, 0) is 26.0 Å². The SMILES string of the molecule is CC[C@@H](C)NC(=O)[C@H](CC)N(CCc1ccccc1)C(=O)CN(c1cc(Cl)ccc1OC)S(=O)(=O)c1ccccc1. The van der Waals surface area contributed by atoms with E-state index in [1.165, 1.54) is 30.2 Å². The van der Waals surface area contributed by atoms with Crippen LogP contribution in [0.25, 0.3) is 0 Å². The van der Waals surface area contributed by atoms with E-state index < -0.39 is 28.5 Å². The van der Waals surface area contributed by atoms with Gasteiger partial charge in [0.2, 0.25) is 11.8 Å². The van der Waals surface area contributed by atoms with E-state index >= 15 is 0 Å². The third-order valence-corrected chi connectivity index (χ3v) is 8.90. The van der Waals surface area contributed by atoms with Crippen LogP contribution in [0.3, 0.4) is 0 Å². The Balaban J connectivity index is 2.06. The van der Waals surface area contributed by atoms with E-state index in [0.29, 0.717) is 12.8 Å². The number of anilines is 1. The summed E-state index contributed by atoms with van der Waals surface area (Å²) in [4.78, 5) is 29.0. The minimum atomic E-state index is -4.23. The molecule has 0 aliphatic rings. The van der Waals surface area contributed by atoms with Gasteiger partial charge in [-0.1, -0.05) is 74.0 Å². The molecule has 220 valence electrons. The first-order valence-electron chi connectivity index (χ1n) is 13.7. The molecule has 0 bridgehead atoms. The van der Waals surface area contributed by atoms with E-state index in [0.717, 1.165) is 16.3 Å². The number of carbonyl (C=O) groups is 2. The van der Waals surface area contributed by atoms with Crippen molar-refractivity contribution in [3.63, 3.8) is 0 Å². The van der Waals surface area contributed by atoms with Gasteiger partial charge in [0.15, 0.2) is 0 Å². The molecular formula is C31H38ClN3O5S. The van der Waals surface area contributed by atoms with E-state index in [1.54, 1.807) is 30.3 Å². The lowest BCUT2D eigenvalue weighted by Crippen LogP contribution is -2.54. The number of rotatable bonds is 14. The smallest absolute Gasteiger partial charge is 0.264 e. The first-order valence-corrected chi connectivity index (χ1v) is 15.5. The Morgan fingerprint density at radius 1 is 0.951 bits per heavy atom. The number of amides is 2. The summed E-state index contributed by atoms with van der Waals surface area (Å²) in [7, 11) is -2.81. The van der Waals surface area contributed by atoms with Crippen molar-refractivity contribution >= 4 is 39.1 Å². The van der Waals surface area contributed by atoms with Gasteiger partial charge in [-0.15, -0.1) is 0 Å². The highest BCUT2D eigenvalue weighted by Crippen LogP contribution is 2.35. The van der Waals surface area contributed by atoms with Gasteiger partial charge >= 0.3 is 0 Å². The summed E-state index contributed by atoms with van der Waals surface area (Å²) in [6.07, 6.45) is 1.58. The van der Waals surface area contributed by atoms with Crippen molar-refractivity contribution in [1.29, 1.82) is 0 Å². The zero-order chi connectivity index (χ0) is 30.0. The first-order chi connectivity index (χ1) is 19.6. The molecule has 10 heteroatoms. The molecule has 0 aromatic heterocycles. The molecule has 0 saturated carbocycles. The van der Waals surface area contributed by atoms with Crippen molar-refractivity contribution in [2.45, 2.75) is 57.0 Å². The second-order valence-electron chi connectivity index (χ2n) is 9.71. The maximum atomic E-state index is 14.1. The fourth-order valence-electron chi connectivity index (χ4n) is 4.43. The molecule has 2 amide bonds. The van der Waals surface area contributed by atoms with E-state index in [-0.39, 0.29) is 39.8 Å². The van der Waals surface area contributed by atoms with Crippen LogP contribution in [0, 0.1) is 0 Å². The second-order valence-corrected chi connectivity index (χ2v) is 12.0. The highest BCUT2D eigenvalue weighted by molar-refractivity contribution is 7.92. The van der Waals surface area contributed by atoms with Crippen LogP contribution >= 0.6 is 11.6 Å². The van der Waals surface area contributed by atoms with E-state index in [1.807, 2.05) is 51.1 Å². The molecule has 0 heterocycles. The maximum Gasteiger partial charge on any atom is 0.264 e. The van der Waals surface area contributed by atoms with Crippen LogP contribution in [0.2, 0.25) is 5.02 Å². The predicted octanol–water partition coefficient (Wildman–Crippen LogP) is 5.31. The average Bonchev–Trinajstić information content (AvgIpc) is 2.98. The van der Waals surface area contributed by atoms with Crippen LogP contribution in [0.5, 0.6) is 5.75 Å². The standard InChI is InChI=1S/C31H38ClN3O5S/c1-5-23(3)33-31(37)27(6-2)34(20-19-24-13-9-7-10-14-24)30(36)22-35(28-21-25(32)17-18-29(28)40-4)41(38,39)26-15-11-8-12-16-26/h7-18,21,23,27H,5-6,19-20,22H2,1-4H3,(H,33,37)/t23-,27+/m1/s1. The van der Waals surface area contributed by atoms with Crippen molar-refractivity contribution in [3.8, 4) is 5.75 Å². The molecule has 0 saturated heterocycles. The quantitative estimate of drug-likeness (QED) is 0.271. The van der Waals surface area contributed by atoms with Crippen molar-refractivity contribution in [2.75, 3.05) is 24.5 Å². The molecule has 41 heavy (non-hydrogen) atoms. The number of nitrogens with one attached hydrogen (secondary N) is 1. The zero-order valence-electron chi connectivity index (χ0n) is 23.9. The fourth-order valence-corrected chi connectivity index (χ4v) is 6.03. The molecule has 3 rings (SSSR count). The molecule has 0 aliphatic heterocycles. The number of methoxy groups -OCH3 is 1. The lowest BCUT2D eigenvalue weighted by atomic mass is 10.1. The van der Waals surface area contributed by atoms with E-state index in [4.69, 9.17) is 16.3 Å². The molecule has 0 spiro atoms. The third-order valence-electron chi connectivity index (χ3n) is 6.89. The number of halogens is 1. The molecule has 1 N–H and O–H groups in total. The van der Waals surface area contributed by atoms with E-state index in [9.17, 15) is 18.0 Å². The summed E-state index contributed by atoms with van der Waals surface area (Å²) in [5, 5.41) is 3.26. The lowest BCUT2D eigenvalue weighted by Gasteiger charge is -2.34. The summed E-state index contributed by atoms with van der Waals surface area (Å²) < 4.78 is 34.4. The molecule has 3 aromatic rings. The normalized spacial score (nSPS) is 12.7. The maximum absolute atomic E-state index is 14.1. The summed E-state index contributed by atoms with van der Waals surface area (Å²) >= 11 is 6.28. The van der Waals surface area contributed by atoms with Crippen molar-refractivity contribution < 1.29 is 22.7 Å². The van der Waals surface area contributed by atoms with Gasteiger partial charge < -0.3 is 15.0 Å². The van der Waals surface area contributed by atoms with Gasteiger partial charge in [0, 0.05) is 17.6 Å².